The number of halogens is 1. The fourth-order valence-electron chi connectivity index (χ4n) is 2.19. The topological polar surface area (TPSA) is 79.2 Å². The molecule has 0 aromatic heterocycles. The molecule has 1 atom stereocenters. The van der Waals surface area contributed by atoms with Crippen molar-refractivity contribution >= 4 is 33.1 Å². The highest BCUT2D eigenvalue weighted by molar-refractivity contribution is 7.91. The quantitative estimate of drug-likeness (QED) is 0.755. The van der Waals surface area contributed by atoms with Gasteiger partial charge in [-0.2, -0.15) is 0 Å². The van der Waals surface area contributed by atoms with Gasteiger partial charge in [0, 0.05) is 5.02 Å². The molecule has 0 spiro atoms. The molecule has 25 heavy (non-hydrogen) atoms. The van der Waals surface area contributed by atoms with Gasteiger partial charge >= 0.3 is 6.09 Å². The molecule has 134 valence electrons. The summed E-state index contributed by atoms with van der Waals surface area (Å²) in [5.41, 5.74) is 0.327. The number of ether oxygens (including phenoxy) is 1. The minimum absolute atomic E-state index is 0.0401. The lowest BCUT2D eigenvalue weighted by Crippen LogP contribution is -2.27. The molecular weight excluding hydrogens is 360 g/mol. The third-order valence-corrected chi connectivity index (χ3v) is 5.19. The molecule has 7 heteroatoms. The average molecular weight is 381 g/mol. The first-order valence-corrected chi connectivity index (χ1v) is 9.77. The number of anilines is 1. The molecule has 1 unspecified atom stereocenters. The molecule has 0 radical (unpaired) electrons. The molecule has 2 aromatic rings. The molecular formula is C18H21ClN2O3S. The maximum absolute atomic E-state index is 13.0. The van der Waals surface area contributed by atoms with E-state index in [4.69, 9.17) is 21.1 Å². The fraction of sp³-hybridized carbons (Fsp3) is 0.278. The van der Waals surface area contributed by atoms with Crippen LogP contribution < -0.4 is 5.32 Å². The number of benzene rings is 2. The van der Waals surface area contributed by atoms with Crippen molar-refractivity contribution < 1.29 is 13.7 Å². The van der Waals surface area contributed by atoms with E-state index in [0.29, 0.717) is 5.02 Å². The second-order valence-electron chi connectivity index (χ2n) is 6.57. The van der Waals surface area contributed by atoms with Crippen molar-refractivity contribution in [3.63, 3.8) is 0 Å². The Bertz CT molecular complexity index is 860. The molecule has 0 fully saturated rings. The van der Waals surface area contributed by atoms with Crippen LogP contribution in [0.25, 0.3) is 0 Å². The largest absolute Gasteiger partial charge is 0.444 e. The first kappa shape index (κ1) is 19.3. The van der Waals surface area contributed by atoms with Crippen LogP contribution in [-0.2, 0) is 20.2 Å². The minimum atomic E-state index is -3.18. The van der Waals surface area contributed by atoms with Gasteiger partial charge in [-0.3, -0.25) is 5.32 Å². The Balaban J connectivity index is 2.33. The van der Waals surface area contributed by atoms with E-state index >= 15 is 0 Å². The number of rotatable bonds is 4. The van der Waals surface area contributed by atoms with Crippen molar-refractivity contribution in [3.8, 4) is 0 Å². The zero-order valence-electron chi connectivity index (χ0n) is 14.3. The maximum Gasteiger partial charge on any atom is 0.412 e. The summed E-state index contributed by atoms with van der Waals surface area (Å²) in [6.07, 6.45) is -0.689. The van der Waals surface area contributed by atoms with Gasteiger partial charge in [0.05, 0.1) is 26.1 Å². The molecule has 5 nitrogen and oxygen atoms in total. The predicted molar refractivity (Wildman–Crippen MR) is 101 cm³/mol. The third-order valence-electron chi connectivity index (χ3n) is 3.15. The van der Waals surface area contributed by atoms with Crippen LogP contribution in [0.2, 0.25) is 5.02 Å². The molecule has 1 amide bonds. The van der Waals surface area contributed by atoms with E-state index in [1.54, 1.807) is 26.8 Å². The lowest BCUT2D eigenvalue weighted by Gasteiger charge is -2.21. The Hall–Kier alpha value is -2.05. The van der Waals surface area contributed by atoms with Crippen LogP contribution in [0.15, 0.2) is 53.4 Å². The van der Waals surface area contributed by atoms with Crippen LogP contribution >= 0.6 is 11.6 Å². The van der Waals surface area contributed by atoms with E-state index in [1.165, 1.54) is 12.1 Å². The van der Waals surface area contributed by atoms with Gasteiger partial charge in [-0.15, -0.1) is 0 Å². The second-order valence-corrected chi connectivity index (χ2v) is 9.09. The van der Waals surface area contributed by atoms with Crippen molar-refractivity contribution in [1.82, 2.24) is 0 Å². The van der Waals surface area contributed by atoms with Crippen molar-refractivity contribution in [1.29, 1.82) is 4.78 Å². The summed E-state index contributed by atoms with van der Waals surface area (Å²) in [5.74, 6) is 0.0401. The van der Waals surface area contributed by atoms with Gasteiger partial charge in [0.15, 0.2) is 0 Å². The molecule has 0 bridgehead atoms. The summed E-state index contributed by atoms with van der Waals surface area (Å²) in [7, 11) is -3.18. The van der Waals surface area contributed by atoms with Crippen molar-refractivity contribution in [3.05, 3.63) is 59.1 Å². The Kier molecular flexibility index (Phi) is 5.75. The van der Waals surface area contributed by atoms with Gasteiger partial charge < -0.3 is 4.74 Å². The lowest BCUT2D eigenvalue weighted by molar-refractivity contribution is 0.0635. The highest BCUT2D eigenvalue weighted by Gasteiger charge is 2.21. The lowest BCUT2D eigenvalue weighted by atomic mass is 10.2. The molecule has 0 saturated carbocycles. The van der Waals surface area contributed by atoms with Crippen molar-refractivity contribution in [2.75, 3.05) is 5.32 Å². The molecule has 0 saturated heterocycles. The molecule has 0 aliphatic rings. The molecule has 2 N–H and O–H groups in total. The first-order valence-electron chi connectivity index (χ1n) is 7.67. The summed E-state index contributed by atoms with van der Waals surface area (Å²) < 4.78 is 26.5. The highest BCUT2D eigenvalue weighted by Crippen LogP contribution is 2.29. The second kappa shape index (κ2) is 7.45. The van der Waals surface area contributed by atoms with Crippen molar-refractivity contribution in [2.45, 2.75) is 37.0 Å². The van der Waals surface area contributed by atoms with Crippen LogP contribution in [-0.4, -0.2) is 15.9 Å². The molecule has 0 aliphatic carbocycles. The van der Waals surface area contributed by atoms with Gasteiger partial charge in [-0.1, -0.05) is 41.9 Å². The van der Waals surface area contributed by atoms with Gasteiger partial charge in [0.1, 0.15) is 5.60 Å². The summed E-state index contributed by atoms with van der Waals surface area (Å²) >= 11 is 6.00. The number of carbonyl (C=O) groups is 1. The number of carbonyl (C=O) groups excluding carboxylic acids is 1. The molecule has 2 aromatic carbocycles. The van der Waals surface area contributed by atoms with Crippen LogP contribution in [0.1, 0.15) is 26.3 Å². The van der Waals surface area contributed by atoms with Crippen LogP contribution in [0, 0.1) is 4.78 Å². The van der Waals surface area contributed by atoms with E-state index in [2.05, 4.69) is 5.32 Å². The fourth-order valence-corrected chi connectivity index (χ4v) is 3.93. The van der Waals surface area contributed by atoms with E-state index < -0.39 is 21.4 Å². The number of hydrogen-bond acceptors (Lipinski definition) is 4. The Morgan fingerprint density at radius 2 is 1.84 bits per heavy atom. The highest BCUT2D eigenvalue weighted by atomic mass is 35.5. The first-order chi connectivity index (χ1) is 11.6. The monoisotopic (exact) mass is 380 g/mol. The predicted octanol–water partition coefficient (Wildman–Crippen LogP) is 5.29. The van der Waals surface area contributed by atoms with E-state index in [1.807, 2.05) is 30.3 Å². The SMILES string of the molecule is CC(C)(C)OC(=O)Nc1cc(Cl)ccc1S(=N)(=O)Cc1ccccc1. The summed E-state index contributed by atoms with van der Waals surface area (Å²) in [6, 6.07) is 13.7. The summed E-state index contributed by atoms with van der Waals surface area (Å²) in [4.78, 5) is 12.3. The van der Waals surface area contributed by atoms with Crippen LogP contribution in [0.4, 0.5) is 10.5 Å². The Morgan fingerprint density at radius 1 is 1.20 bits per heavy atom. The summed E-state index contributed by atoms with van der Waals surface area (Å²) in [5, 5.41) is 2.92. The zero-order chi connectivity index (χ0) is 18.7. The van der Waals surface area contributed by atoms with Crippen molar-refractivity contribution in [2.24, 2.45) is 0 Å². The molecule has 0 heterocycles. The smallest absolute Gasteiger partial charge is 0.412 e. The number of amides is 1. The van der Waals surface area contributed by atoms with Gasteiger partial charge in [0.25, 0.3) is 0 Å². The maximum atomic E-state index is 13.0. The van der Waals surface area contributed by atoms with Gasteiger partial charge in [-0.25, -0.2) is 13.8 Å². The number of nitrogens with one attached hydrogen (secondary N) is 2. The molecule has 2 rings (SSSR count). The van der Waals surface area contributed by atoms with Crippen LogP contribution in [0.5, 0.6) is 0 Å². The van der Waals surface area contributed by atoms with Gasteiger partial charge in [0.2, 0.25) is 0 Å². The zero-order valence-corrected chi connectivity index (χ0v) is 15.9. The van der Waals surface area contributed by atoms with E-state index in [-0.39, 0.29) is 16.3 Å². The van der Waals surface area contributed by atoms with E-state index in [9.17, 15) is 9.00 Å². The Morgan fingerprint density at radius 3 is 2.44 bits per heavy atom. The average Bonchev–Trinajstić information content (AvgIpc) is 2.45. The third kappa shape index (κ3) is 5.76. The normalized spacial score (nSPS) is 13.8. The number of hydrogen-bond donors (Lipinski definition) is 2. The van der Waals surface area contributed by atoms with E-state index in [0.717, 1.165) is 5.56 Å². The van der Waals surface area contributed by atoms with Gasteiger partial charge in [-0.05, 0) is 44.5 Å². The molecule has 0 aliphatic heterocycles. The van der Waals surface area contributed by atoms with Crippen LogP contribution in [0.3, 0.4) is 0 Å². The summed E-state index contributed by atoms with van der Waals surface area (Å²) in [6.45, 7) is 5.23. The standard InChI is InChI=1S/C18H21ClN2O3S/c1-18(2,3)24-17(22)21-15-11-14(19)9-10-16(15)25(20,23)12-13-7-5-4-6-8-13/h4-11,20H,12H2,1-3H3,(H,21,22). The minimum Gasteiger partial charge on any atom is -0.444 e. The Labute approximate surface area is 153 Å².